The summed E-state index contributed by atoms with van der Waals surface area (Å²) in [6.07, 6.45) is 0.600. The van der Waals surface area contributed by atoms with Crippen molar-refractivity contribution >= 4 is 5.91 Å². The van der Waals surface area contributed by atoms with Crippen molar-refractivity contribution in [3.63, 3.8) is 0 Å². The number of hydrogen-bond acceptors (Lipinski definition) is 3. The van der Waals surface area contributed by atoms with E-state index in [4.69, 9.17) is 9.57 Å². The highest BCUT2D eigenvalue weighted by Gasteiger charge is 2.24. The van der Waals surface area contributed by atoms with E-state index in [0.717, 1.165) is 11.3 Å². The van der Waals surface area contributed by atoms with Gasteiger partial charge < -0.3 is 4.74 Å². The highest BCUT2D eigenvalue weighted by Crippen LogP contribution is 2.14. The van der Waals surface area contributed by atoms with Gasteiger partial charge in [-0.25, -0.2) is 5.06 Å². The van der Waals surface area contributed by atoms with E-state index in [0.29, 0.717) is 19.6 Å². The second-order valence-corrected chi connectivity index (χ2v) is 3.37. The molecular weight excluding hydrogens is 194 g/mol. The molecule has 1 aliphatic heterocycles. The maximum Gasteiger partial charge on any atom is 0.248 e. The van der Waals surface area contributed by atoms with Crippen molar-refractivity contribution in [3.8, 4) is 5.75 Å². The fourth-order valence-corrected chi connectivity index (χ4v) is 1.31. The normalized spacial score (nSPS) is 15.0. The largest absolute Gasteiger partial charge is 0.497 e. The van der Waals surface area contributed by atoms with Gasteiger partial charge in [-0.1, -0.05) is 12.1 Å². The van der Waals surface area contributed by atoms with E-state index >= 15 is 0 Å². The maximum atomic E-state index is 10.9. The van der Waals surface area contributed by atoms with E-state index in [1.807, 2.05) is 24.3 Å². The summed E-state index contributed by atoms with van der Waals surface area (Å²) < 4.78 is 5.04. The lowest BCUT2D eigenvalue weighted by atomic mass is 10.2. The number of amides is 1. The Bertz CT molecular complexity index is 347. The second kappa shape index (κ2) is 4.31. The van der Waals surface area contributed by atoms with Crippen molar-refractivity contribution in [2.45, 2.75) is 13.0 Å². The van der Waals surface area contributed by atoms with Crippen molar-refractivity contribution in [2.24, 2.45) is 0 Å². The predicted octanol–water partition coefficient (Wildman–Crippen LogP) is 1.36. The molecule has 0 atom stereocenters. The highest BCUT2D eigenvalue weighted by atomic mass is 16.7. The van der Waals surface area contributed by atoms with Crippen LogP contribution in [0.1, 0.15) is 12.0 Å². The van der Waals surface area contributed by atoms with Gasteiger partial charge in [-0.15, -0.1) is 0 Å². The molecule has 1 aliphatic rings. The topological polar surface area (TPSA) is 38.8 Å². The van der Waals surface area contributed by atoms with Crippen molar-refractivity contribution in [2.75, 3.05) is 13.7 Å². The number of rotatable bonds is 4. The van der Waals surface area contributed by atoms with Gasteiger partial charge in [0.2, 0.25) is 5.91 Å². The van der Waals surface area contributed by atoms with Gasteiger partial charge in [0.1, 0.15) is 12.4 Å². The van der Waals surface area contributed by atoms with Crippen molar-refractivity contribution in [1.29, 1.82) is 0 Å². The van der Waals surface area contributed by atoms with Gasteiger partial charge in [0, 0.05) is 6.42 Å². The minimum absolute atomic E-state index is 0.0588. The van der Waals surface area contributed by atoms with E-state index in [1.165, 1.54) is 5.06 Å². The van der Waals surface area contributed by atoms with Crippen LogP contribution in [0, 0.1) is 0 Å². The molecule has 0 N–H and O–H groups in total. The molecule has 0 aliphatic carbocycles. The minimum Gasteiger partial charge on any atom is -0.497 e. The van der Waals surface area contributed by atoms with E-state index in [9.17, 15) is 4.79 Å². The lowest BCUT2D eigenvalue weighted by Gasteiger charge is -2.29. The van der Waals surface area contributed by atoms with Crippen LogP contribution in [0.15, 0.2) is 24.3 Å². The average molecular weight is 207 g/mol. The first-order chi connectivity index (χ1) is 7.29. The van der Waals surface area contributed by atoms with E-state index in [-0.39, 0.29) is 5.91 Å². The molecule has 4 nitrogen and oxygen atoms in total. The fraction of sp³-hybridized carbons (Fsp3) is 0.364. The molecule has 0 aromatic heterocycles. The molecular formula is C11H13NO3. The smallest absolute Gasteiger partial charge is 0.248 e. The fourth-order valence-electron chi connectivity index (χ4n) is 1.31. The molecule has 0 spiro atoms. The van der Waals surface area contributed by atoms with Gasteiger partial charge in [0.25, 0.3) is 0 Å². The molecule has 1 aromatic carbocycles. The number of methoxy groups -OCH3 is 1. The number of carbonyl (C=O) groups excluding carboxylic acids is 1. The SMILES string of the molecule is COc1ccc(CON2CCC2=O)cc1. The Kier molecular flexibility index (Phi) is 2.87. The minimum atomic E-state index is 0.0588. The predicted molar refractivity (Wildman–Crippen MR) is 54.1 cm³/mol. The van der Waals surface area contributed by atoms with Gasteiger partial charge in [-0.2, -0.15) is 0 Å². The summed E-state index contributed by atoms with van der Waals surface area (Å²) in [5.74, 6) is 0.877. The molecule has 1 fully saturated rings. The van der Waals surface area contributed by atoms with Crippen LogP contribution in [-0.4, -0.2) is 24.6 Å². The molecule has 0 unspecified atom stereocenters. The second-order valence-electron chi connectivity index (χ2n) is 3.37. The number of nitrogens with zero attached hydrogens (tertiary/aromatic N) is 1. The molecule has 1 amide bonds. The van der Waals surface area contributed by atoms with Gasteiger partial charge in [0.15, 0.2) is 0 Å². The molecule has 1 saturated heterocycles. The Morgan fingerprint density at radius 2 is 2.07 bits per heavy atom. The third-order valence-electron chi connectivity index (χ3n) is 2.35. The Balaban J connectivity index is 1.85. The number of carbonyl (C=O) groups is 1. The molecule has 4 heteroatoms. The number of β-lactam (4-membered cyclic amide) rings is 1. The van der Waals surface area contributed by atoms with Gasteiger partial charge in [-0.3, -0.25) is 9.63 Å². The Morgan fingerprint density at radius 3 is 2.53 bits per heavy atom. The van der Waals surface area contributed by atoms with E-state index in [2.05, 4.69) is 0 Å². The third kappa shape index (κ3) is 2.27. The molecule has 0 saturated carbocycles. The molecule has 0 bridgehead atoms. The quantitative estimate of drug-likeness (QED) is 0.700. The lowest BCUT2D eigenvalue weighted by Crippen LogP contribution is -2.42. The lowest BCUT2D eigenvalue weighted by molar-refractivity contribution is -0.212. The Labute approximate surface area is 88.4 Å². The van der Waals surface area contributed by atoms with Crippen molar-refractivity contribution in [3.05, 3.63) is 29.8 Å². The molecule has 0 radical (unpaired) electrons. The first-order valence-electron chi connectivity index (χ1n) is 4.86. The van der Waals surface area contributed by atoms with Crippen LogP contribution in [-0.2, 0) is 16.2 Å². The zero-order chi connectivity index (χ0) is 10.7. The zero-order valence-corrected chi connectivity index (χ0v) is 8.60. The zero-order valence-electron chi connectivity index (χ0n) is 8.60. The van der Waals surface area contributed by atoms with E-state index < -0.39 is 0 Å². The monoisotopic (exact) mass is 207 g/mol. The first-order valence-corrected chi connectivity index (χ1v) is 4.86. The van der Waals surface area contributed by atoms with E-state index in [1.54, 1.807) is 7.11 Å². The van der Waals surface area contributed by atoms with Crippen LogP contribution in [0.2, 0.25) is 0 Å². The van der Waals surface area contributed by atoms with Gasteiger partial charge in [0.05, 0.1) is 13.7 Å². The molecule has 15 heavy (non-hydrogen) atoms. The summed E-state index contributed by atoms with van der Waals surface area (Å²) in [6.45, 7) is 1.13. The Morgan fingerprint density at radius 1 is 1.33 bits per heavy atom. The van der Waals surface area contributed by atoms with Crippen molar-refractivity contribution < 1.29 is 14.4 Å². The summed E-state index contributed by atoms with van der Waals surface area (Å²) in [5, 5.41) is 1.39. The average Bonchev–Trinajstić information content (AvgIpc) is 2.28. The van der Waals surface area contributed by atoms with Crippen LogP contribution < -0.4 is 4.74 Å². The molecule has 2 rings (SSSR count). The van der Waals surface area contributed by atoms with Gasteiger partial charge in [-0.05, 0) is 17.7 Å². The van der Waals surface area contributed by atoms with Gasteiger partial charge >= 0.3 is 0 Å². The summed E-state index contributed by atoms with van der Waals surface area (Å²) >= 11 is 0. The number of ether oxygens (including phenoxy) is 1. The number of hydrogen-bond donors (Lipinski definition) is 0. The van der Waals surface area contributed by atoms with Crippen LogP contribution in [0.25, 0.3) is 0 Å². The summed E-state index contributed by atoms with van der Waals surface area (Å²) in [5.41, 5.74) is 1.02. The van der Waals surface area contributed by atoms with Crippen LogP contribution >= 0.6 is 0 Å². The van der Waals surface area contributed by atoms with Crippen LogP contribution in [0.4, 0.5) is 0 Å². The standard InChI is InChI=1S/C11H13NO3/c1-14-10-4-2-9(3-5-10)8-15-12-7-6-11(12)13/h2-5H,6-8H2,1H3. The number of hydroxylamine groups is 2. The molecule has 1 heterocycles. The van der Waals surface area contributed by atoms with Crippen LogP contribution in [0.5, 0.6) is 5.75 Å². The third-order valence-corrected chi connectivity index (χ3v) is 2.35. The summed E-state index contributed by atoms with van der Waals surface area (Å²) in [4.78, 5) is 16.2. The van der Waals surface area contributed by atoms with Crippen molar-refractivity contribution in [1.82, 2.24) is 5.06 Å². The highest BCUT2D eigenvalue weighted by molar-refractivity contribution is 5.80. The Hall–Kier alpha value is -1.55. The molecule has 80 valence electrons. The summed E-state index contributed by atoms with van der Waals surface area (Å²) in [6, 6.07) is 7.58. The first kappa shape index (κ1) is 9.98. The summed E-state index contributed by atoms with van der Waals surface area (Å²) in [7, 11) is 1.63. The number of benzene rings is 1. The van der Waals surface area contributed by atoms with Crippen LogP contribution in [0.3, 0.4) is 0 Å². The maximum absolute atomic E-state index is 10.9. The molecule has 1 aromatic rings.